The minimum absolute atomic E-state index is 0.155. The van der Waals surface area contributed by atoms with Crippen LogP contribution in [0.5, 0.6) is 0 Å². The Hall–Kier alpha value is -0.793. The van der Waals surface area contributed by atoms with E-state index in [0.29, 0.717) is 0 Å². The molecule has 0 spiro atoms. The molecule has 1 rings (SSSR count). The molecule has 0 radical (unpaired) electrons. The average Bonchev–Trinajstić information content (AvgIpc) is 2.19. The van der Waals surface area contributed by atoms with Crippen LogP contribution in [0.25, 0.3) is 0 Å². The first kappa shape index (κ1) is 13.3. The molecule has 0 saturated carbocycles. The van der Waals surface area contributed by atoms with Crippen molar-refractivity contribution in [3.05, 3.63) is 11.8 Å². The second kappa shape index (κ2) is 4.60. The fourth-order valence-electron chi connectivity index (χ4n) is 1.89. The van der Waals surface area contributed by atoms with Crippen LogP contribution >= 0.6 is 0 Å². The number of nitriles is 1. The topological polar surface area (TPSA) is 42.2 Å². The summed E-state index contributed by atoms with van der Waals surface area (Å²) in [5.41, 5.74) is -0.416. The van der Waals surface area contributed by atoms with Crippen LogP contribution in [0, 0.1) is 16.7 Å². The summed E-state index contributed by atoms with van der Waals surface area (Å²) >= 11 is 0. The molecule has 2 unspecified atom stereocenters. The van der Waals surface area contributed by atoms with Crippen molar-refractivity contribution in [3.8, 4) is 6.07 Å². The Morgan fingerprint density at radius 2 is 2.12 bits per heavy atom. The van der Waals surface area contributed by atoms with Crippen molar-refractivity contribution in [3.63, 3.8) is 0 Å². The summed E-state index contributed by atoms with van der Waals surface area (Å²) < 4.78 is 11.3. The van der Waals surface area contributed by atoms with Gasteiger partial charge in [0, 0.05) is 13.5 Å². The number of allylic oxidation sites excluding steroid dienone is 1. The highest BCUT2D eigenvalue weighted by Gasteiger charge is 2.37. The Kier molecular flexibility index (Phi) is 3.82. The molecule has 0 bridgehead atoms. The third-order valence-corrected chi connectivity index (χ3v) is 3.68. The van der Waals surface area contributed by atoms with E-state index in [4.69, 9.17) is 9.16 Å². The molecule has 0 heterocycles. The molecule has 3 nitrogen and oxygen atoms in total. The number of hydrogen-bond acceptors (Lipinski definition) is 3. The highest BCUT2D eigenvalue weighted by Crippen LogP contribution is 2.37. The summed E-state index contributed by atoms with van der Waals surface area (Å²) in [6, 6.07) is 2.35. The third kappa shape index (κ3) is 3.10. The van der Waals surface area contributed by atoms with Gasteiger partial charge in [-0.05, 0) is 39.1 Å². The van der Waals surface area contributed by atoms with Gasteiger partial charge in [-0.2, -0.15) is 5.26 Å². The van der Waals surface area contributed by atoms with Crippen molar-refractivity contribution in [1.29, 1.82) is 5.26 Å². The van der Waals surface area contributed by atoms with E-state index in [-0.39, 0.29) is 6.10 Å². The summed E-state index contributed by atoms with van der Waals surface area (Å²) in [4.78, 5) is 0. The van der Waals surface area contributed by atoms with Crippen molar-refractivity contribution in [2.24, 2.45) is 5.41 Å². The summed E-state index contributed by atoms with van der Waals surface area (Å²) in [6.45, 7) is 8.43. The number of rotatable bonds is 3. The van der Waals surface area contributed by atoms with Crippen LogP contribution in [0.1, 0.15) is 19.8 Å². The van der Waals surface area contributed by atoms with Crippen LogP contribution in [0.2, 0.25) is 19.6 Å². The molecule has 0 N–H and O–H groups in total. The van der Waals surface area contributed by atoms with Crippen LogP contribution in [-0.4, -0.2) is 21.5 Å². The van der Waals surface area contributed by atoms with Crippen LogP contribution in [0.3, 0.4) is 0 Å². The fraction of sp³-hybridized carbons (Fsp3) is 0.750. The zero-order valence-electron chi connectivity index (χ0n) is 10.8. The number of nitrogens with zero attached hydrogens (tertiary/aromatic N) is 1. The summed E-state index contributed by atoms with van der Waals surface area (Å²) in [5.74, 6) is 0.999. The molecule has 1 aliphatic rings. The van der Waals surface area contributed by atoms with E-state index in [2.05, 4.69) is 25.7 Å². The van der Waals surface area contributed by atoms with Crippen molar-refractivity contribution in [2.45, 2.75) is 45.5 Å². The van der Waals surface area contributed by atoms with Gasteiger partial charge in [0.05, 0.1) is 23.3 Å². The van der Waals surface area contributed by atoms with Gasteiger partial charge in [0.1, 0.15) is 0 Å². The van der Waals surface area contributed by atoms with Crippen molar-refractivity contribution in [1.82, 2.24) is 0 Å². The largest absolute Gasteiger partial charge is 0.547 e. The molecular formula is C12H21NO2Si. The standard InChI is InChI=1S/C12H21NO2Si/c1-12(9-13)7-6-10(8-11(12)14-2)15-16(3,4)5/h8,11H,6-7H2,1-5H3. The van der Waals surface area contributed by atoms with Crippen molar-refractivity contribution >= 4 is 8.32 Å². The quantitative estimate of drug-likeness (QED) is 0.711. The van der Waals surface area contributed by atoms with Gasteiger partial charge in [-0.25, -0.2) is 0 Å². The molecule has 90 valence electrons. The molecule has 4 heteroatoms. The van der Waals surface area contributed by atoms with Crippen LogP contribution in [0.4, 0.5) is 0 Å². The monoisotopic (exact) mass is 239 g/mol. The highest BCUT2D eigenvalue weighted by molar-refractivity contribution is 6.70. The maximum absolute atomic E-state index is 9.18. The Balaban J connectivity index is 2.84. The molecule has 0 amide bonds. The van der Waals surface area contributed by atoms with Crippen LogP contribution in [0.15, 0.2) is 11.8 Å². The van der Waals surface area contributed by atoms with Gasteiger partial charge in [0.2, 0.25) is 8.32 Å². The number of ether oxygens (including phenoxy) is 1. The predicted octanol–water partition coefficient (Wildman–Crippen LogP) is 3.06. The lowest BCUT2D eigenvalue weighted by Crippen LogP contribution is -2.36. The molecule has 0 fully saturated rings. The average molecular weight is 239 g/mol. The first-order chi connectivity index (χ1) is 7.30. The maximum atomic E-state index is 9.18. The molecule has 0 aromatic rings. The van der Waals surface area contributed by atoms with E-state index in [1.165, 1.54) is 0 Å². The van der Waals surface area contributed by atoms with Gasteiger partial charge in [0.25, 0.3) is 0 Å². The van der Waals surface area contributed by atoms with Crippen LogP contribution in [-0.2, 0) is 9.16 Å². The lowest BCUT2D eigenvalue weighted by Gasteiger charge is -2.35. The smallest absolute Gasteiger partial charge is 0.241 e. The van der Waals surface area contributed by atoms with Crippen molar-refractivity contribution in [2.75, 3.05) is 7.11 Å². The zero-order chi connectivity index (χ0) is 12.4. The Labute approximate surface area is 99.2 Å². The van der Waals surface area contributed by atoms with Crippen molar-refractivity contribution < 1.29 is 9.16 Å². The van der Waals surface area contributed by atoms with Gasteiger partial charge in [0.15, 0.2) is 0 Å². The first-order valence-corrected chi connectivity index (χ1v) is 9.05. The van der Waals surface area contributed by atoms with Gasteiger partial charge >= 0.3 is 0 Å². The maximum Gasteiger partial charge on any atom is 0.241 e. The normalized spacial score (nSPS) is 30.5. The molecular weight excluding hydrogens is 218 g/mol. The lowest BCUT2D eigenvalue weighted by molar-refractivity contribution is 0.0463. The van der Waals surface area contributed by atoms with E-state index in [9.17, 15) is 5.26 Å². The molecule has 16 heavy (non-hydrogen) atoms. The predicted molar refractivity (Wildman–Crippen MR) is 66.3 cm³/mol. The molecule has 1 aliphatic carbocycles. The van der Waals surface area contributed by atoms with E-state index in [1.54, 1.807) is 7.11 Å². The van der Waals surface area contributed by atoms with E-state index >= 15 is 0 Å². The van der Waals surface area contributed by atoms with Gasteiger partial charge < -0.3 is 9.16 Å². The molecule has 0 aliphatic heterocycles. The Morgan fingerprint density at radius 1 is 1.50 bits per heavy atom. The SMILES string of the molecule is COC1C=C(O[Si](C)(C)C)CCC1(C)C#N. The Morgan fingerprint density at radius 3 is 2.56 bits per heavy atom. The van der Waals surface area contributed by atoms with E-state index < -0.39 is 13.7 Å². The van der Waals surface area contributed by atoms with Crippen LogP contribution < -0.4 is 0 Å². The zero-order valence-corrected chi connectivity index (χ0v) is 11.8. The first-order valence-electron chi connectivity index (χ1n) is 5.64. The van der Waals surface area contributed by atoms with E-state index in [0.717, 1.165) is 18.6 Å². The highest BCUT2D eigenvalue weighted by atomic mass is 28.4. The number of methoxy groups -OCH3 is 1. The summed E-state index contributed by atoms with van der Waals surface area (Å²) in [7, 11) is 0.0968. The second-order valence-electron chi connectivity index (χ2n) is 5.53. The summed E-state index contributed by atoms with van der Waals surface area (Å²) in [5, 5.41) is 9.18. The van der Waals surface area contributed by atoms with Gasteiger partial charge in [-0.15, -0.1) is 0 Å². The number of hydrogen-bond donors (Lipinski definition) is 0. The molecule has 2 atom stereocenters. The Bertz CT molecular complexity index is 327. The lowest BCUT2D eigenvalue weighted by atomic mass is 9.77. The van der Waals surface area contributed by atoms with Gasteiger partial charge in [-0.3, -0.25) is 0 Å². The molecule has 0 aromatic carbocycles. The fourth-order valence-corrected chi connectivity index (χ4v) is 2.84. The third-order valence-electron chi connectivity index (χ3n) is 2.80. The minimum Gasteiger partial charge on any atom is -0.547 e. The second-order valence-corrected chi connectivity index (χ2v) is 9.96. The van der Waals surface area contributed by atoms with Gasteiger partial charge in [-0.1, -0.05) is 0 Å². The van der Waals surface area contributed by atoms with E-state index in [1.807, 2.05) is 13.0 Å². The molecule has 0 aromatic heterocycles. The minimum atomic E-state index is -1.55. The molecule has 0 saturated heterocycles. The summed E-state index contributed by atoms with van der Waals surface area (Å²) in [6.07, 6.45) is 3.47.